The fourth-order valence-corrected chi connectivity index (χ4v) is 6.23. The number of rotatable bonds is 4. The van der Waals surface area contributed by atoms with Gasteiger partial charge in [0.15, 0.2) is 6.29 Å². The molecule has 9 atom stereocenters. The van der Waals surface area contributed by atoms with Gasteiger partial charge in [-0.25, -0.2) is 0 Å². The molecule has 1 aromatic heterocycles. The lowest BCUT2D eigenvalue weighted by molar-refractivity contribution is -0.345. The summed E-state index contributed by atoms with van der Waals surface area (Å²) in [5, 5.41) is 52.0. The minimum atomic E-state index is -1.64. The summed E-state index contributed by atoms with van der Waals surface area (Å²) in [5.41, 5.74) is 3.30. The number of benzene rings is 1. The number of carbonyl (C=O) groups is 1. The number of aliphatic hydroxyl groups is 5. The Kier molecular flexibility index (Phi) is 6.02. The van der Waals surface area contributed by atoms with E-state index < -0.39 is 61.4 Å². The standard InChI is InChI=1S/C26H30N2O9/c1-2-11-14-9-16-19-13(12-5-3-4-6-15(12)27-19)7-8-28(16)23(33)18(14)24(34)36-25(11)37-26-22(32)21(31)20(30)17(10-29)35-26/h2-6,11,14,16-17,20-22,25-27,29-32,34H,1,7-10H2/t11-,14+,16-,17-,20-,21+,22-,25+,26+/m1/s1. The first-order valence-corrected chi connectivity index (χ1v) is 12.4. The highest BCUT2D eigenvalue weighted by atomic mass is 16.8. The van der Waals surface area contributed by atoms with Gasteiger partial charge in [0.05, 0.1) is 12.6 Å². The monoisotopic (exact) mass is 514 g/mol. The molecular weight excluding hydrogens is 484 g/mol. The Labute approximate surface area is 212 Å². The van der Waals surface area contributed by atoms with Crippen molar-refractivity contribution in [2.45, 2.75) is 55.9 Å². The van der Waals surface area contributed by atoms with Crippen LogP contribution in [-0.2, 0) is 25.4 Å². The third-order valence-corrected chi connectivity index (χ3v) is 8.12. The second-order valence-corrected chi connectivity index (χ2v) is 10.0. The second kappa shape index (κ2) is 9.12. The number of aliphatic hydroxyl groups excluding tert-OH is 5. The van der Waals surface area contributed by atoms with Gasteiger partial charge in [-0.1, -0.05) is 24.3 Å². The first-order valence-electron chi connectivity index (χ1n) is 12.4. The van der Waals surface area contributed by atoms with Crippen LogP contribution >= 0.6 is 0 Å². The first kappa shape index (κ1) is 24.4. The summed E-state index contributed by atoms with van der Waals surface area (Å²) >= 11 is 0. The molecule has 0 radical (unpaired) electrons. The fraction of sp³-hybridized carbons (Fsp3) is 0.500. The Morgan fingerprint density at radius 3 is 2.70 bits per heavy atom. The van der Waals surface area contributed by atoms with E-state index in [0.717, 1.165) is 16.6 Å². The molecule has 0 saturated carbocycles. The molecule has 0 spiro atoms. The summed E-state index contributed by atoms with van der Waals surface area (Å²) in [7, 11) is 0. The van der Waals surface area contributed by atoms with Gasteiger partial charge in [-0.05, 0) is 24.5 Å². The number of aromatic amines is 1. The van der Waals surface area contributed by atoms with Crippen molar-refractivity contribution in [3.8, 4) is 0 Å². The normalized spacial score (nSPS) is 37.6. The van der Waals surface area contributed by atoms with Crippen LogP contribution < -0.4 is 0 Å². The van der Waals surface area contributed by atoms with Crippen LogP contribution in [0.25, 0.3) is 10.9 Å². The third-order valence-electron chi connectivity index (χ3n) is 8.12. The van der Waals surface area contributed by atoms with Crippen molar-refractivity contribution in [1.29, 1.82) is 0 Å². The van der Waals surface area contributed by atoms with Gasteiger partial charge in [0.2, 0.25) is 6.29 Å². The Morgan fingerprint density at radius 1 is 1.16 bits per heavy atom. The van der Waals surface area contributed by atoms with Crippen LogP contribution in [0.2, 0.25) is 0 Å². The van der Waals surface area contributed by atoms with Crippen molar-refractivity contribution in [3.05, 3.63) is 59.7 Å². The van der Waals surface area contributed by atoms with Crippen LogP contribution in [-0.4, -0.2) is 91.5 Å². The fourth-order valence-electron chi connectivity index (χ4n) is 6.23. The van der Waals surface area contributed by atoms with Gasteiger partial charge in [0.1, 0.15) is 30.0 Å². The van der Waals surface area contributed by atoms with Crippen LogP contribution in [0.4, 0.5) is 0 Å². The predicted molar refractivity (Wildman–Crippen MR) is 128 cm³/mol. The van der Waals surface area contributed by atoms with Crippen LogP contribution in [0.3, 0.4) is 0 Å². The smallest absolute Gasteiger partial charge is 0.288 e. The van der Waals surface area contributed by atoms with Crippen LogP contribution in [0, 0.1) is 11.8 Å². The van der Waals surface area contributed by atoms with Crippen molar-refractivity contribution in [3.63, 3.8) is 0 Å². The average Bonchev–Trinajstić information content (AvgIpc) is 3.28. The van der Waals surface area contributed by atoms with Crippen molar-refractivity contribution in [2.75, 3.05) is 13.2 Å². The zero-order chi connectivity index (χ0) is 26.0. The van der Waals surface area contributed by atoms with E-state index in [1.807, 2.05) is 18.2 Å². The zero-order valence-electron chi connectivity index (χ0n) is 19.9. The molecule has 4 aliphatic heterocycles. The van der Waals surface area contributed by atoms with Crippen LogP contribution in [0.1, 0.15) is 23.7 Å². The number of fused-ring (bicyclic) bond motifs is 6. The number of piperidine rings is 1. The Morgan fingerprint density at radius 2 is 1.95 bits per heavy atom. The Hall–Kier alpha value is -2.93. The highest BCUT2D eigenvalue weighted by Crippen LogP contribution is 2.49. The van der Waals surface area contributed by atoms with Gasteiger partial charge in [-0.3, -0.25) is 4.79 Å². The zero-order valence-corrected chi connectivity index (χ0v) is 19.9. The molecule has 198 valence electrons. The van der Waals surface area contributed by atoms with Crippen LogP contribution in [0.15, 0.2) is 48.4 Å². The third kappa shape index (κ3) is 3.69. The van der Waals surface area contributed by atoms with Gasteiger partial charge in [-0.15, -0.1) is 6.58 Å². The summed E-state index contributed by atoms with van der Waals surface area (Å²) in [5.74, 6) is -2.00. The maximum absolute atomic E-state index is 13.6. The molecule has 0 unspecified atom stereocenters. The highest BCUT2D eigenvalue weighted by Gasteiger charge is 2.53. The topological polar surface area (TPSA) is 165 Å². The highest BCUT2D eigenvalue weighted by molar-refractivity contribution is 5.96. The number of nitrogens with zero attached hydrogens (tertiary/aromatic N) is 1. The molecule has 2 fully saturated rings. The minimum Gasteiger partial charge on any atom is -0.481 e. The molecule has 1 aromatic carbocycles. The number of amides is 1. The number of ether oxygens (including phenoxy) is 3. The number of hydrogen-bond donors (Lipinski definition) is 6. The first-order chi connectivity index (χ1) is 17.8. The van der Waals surface area contributed by atoms with E-state index in [1.54, 1.807) is 11.0 Å². The lowest BCUT2D eigenvalue weighted by atomic mass is 9.74. The molecule has 37 heavy (non-hydrogen) atoms. The summed E-state index contributed by atoms with van der Waals surface area (Å²) < 4.78 is 16.9. The van der Waals surface area contributed by atoms with Gasteiger partial charge in [0.25, 0.3) is 11.9 Å². The molecule has 4 aliphatic rings. The Balaban J connectivity index is 1.32. The van der Waals surface area contributed by atoms with Gasteiger partial charge < -0.3 is 49.6 Å². The molecule has 6 rings (SSSR count). The molecule has 5 heterocycles. The summed E-state index contributed by atoms with van der Waals surface area (Å²) in [6.45, 7) is 3.79. The van der Waals surface area contributed by atoms with E-state index in [0.29, 0.717) is 19.4 Å². The van der Waals surface area contributed by atoms with Crippen LogP contribution in [0.5, 0.6) is 0 Å². The molecule has 0 aliphatic carbocycles. The van der Waals surface area contributed by atoms with Crippen molar-refractivity contribution < 1.29 is 44.5 Å². The van der Waals surface area contributed by atoms with E-state index in [9.17, 15) is 30.3 Å². The summed E-state index contributed by atoms with van der Waals surface area (Å²) in [6.07, 6.45) is -5.93. The van der Waals surface area contributed by atoms with E-state index in [4.69, 9.17) is 14.2 Å². The quantitative estimate of drug-likeness (QED) is 0.316. The van der Waals surface area contributed by atoms with Gasteiger partial charge in [-0.2, -0.15) is 0 Å². The number of nitrogens with one attached hydrogen (secondary N) is 1. The van der Waals surface area contributed by atoms with Crippen molar-refractivity contribution in [1.82, 2.24) is 9.88 Å². The SMILES string of the molecule is C=C[C@H]1[C@H](O[C@@H]2O[C@H](CO)[C@@H](O)[C@H](O)[C@H]2O)OC(O)=C2C(=O)N3CCc4c([nH]c5ccccc45)[C@H]3C[C@H]21. The second-order valence-electron chi connectivity index (χ2n) is 10.0. The maximum atomic E-state index is 13.6. The minimum absolute atomic E-state index is 0.148. The van der Waals surface area contributed by atoms with Gasteiger partial charge >= 0.3 is 0 Å². The Bertz CT molecular complexity index is 1260. The molecule has 2 saturated heterocycles. The number of aromatic nitrogens is 1. The summed E-state index contributed by atoms with van der Waals surface area (Å²) in [4.78, 5) is 18.8. The molecule has 2 aromatic rings. The van der Waals surface area contributed by atoms with Crippen molar-refractivity contribution >= 4 is 16.8 Å². The predicted octanol–water partition coefficient (Wildman–Crippen LogP) is 0.358. The average molecular weight is 515 g/mol. The molecule has 6 N–H and O–H groups in total. The number of hydrogen-bond acceptors (Lipinski definition) is 9. The van der Waals surface area contributed by atoms with E-state index in [-0.39, 0.29) is 17.5 Å². The van der Waals surface area contributed by atoms with Gasteiger partial charge in [0, 0.05) is 35.0 Å². The lowest BCUT2D eigenvalue weighted by Gasteiger charge is -2.48. The number of para-hydroxylation sites is 1. The van der Waals surface area contributed by atoms with E-state index in [2.05, 4.69) is 17.6 Å². The van der Waals surface area contributed by atoms with E-state index in [1.165, 1.54) is 5.56 Å². The van der Waals surface area contributed by atoms with Crippen molar-refractivity contribution in [2.24, 2.45) is 11.8 Å². The number of H-pyrrole nitrogens is 1. The largest absolute Gasteiger partial charge is 0.481 e. The maximum Gasteiger partial charge on any atom is 0.288 e. The molecular formula is C26H30N2O9. The lowest BCUT2D eigenvalue weighted by Crippen LogP contribution is -2.60. The molecule has 11 nitrogen and oxygen atoms in total. The number of carbonyl (C=O) groups excluding carboxylic acids is 1. The molecule has 0 bridgehead atoms. The van der Waals surface area contributed by atoms with E-state index >= 15 is 0 Å². The summed E-state index contributed by atoms with van der Waals surface area (Å²) in [6, 6.07) is 7.76. The molecule has 11 heteroatoms. The molecule has 1 amide bonds.